The minimum Gasteiger partial charge on any atom is -0.271 e. The van der Waals surface area contributed by atoms with Gasteiger partial charge in [-0.1, -0.05) is 6.42 Å². The summed E-state index contributed by atoms with van der Waals surface area (Å²) in [5.74, 6) is 6.35. The minimum atomic E-state index is 0.305. The molecule has 82 valence electrons. The molecular formula is C12H19N3. The normalized spacial score (nSPS) is 18.6. The number of hydrogen-bond acceptors (Lipinski definition) is 3. The van der Waals surface area contributed by atoms with E-state index < -0.39 is 0 Å². The van der Waals surface area contributed by atoms with Gasteiger partial charge in [0, 0.05) is 17.4 Å². The van der Waals surface area contributed by atoms with Gasteiger partial charge in [0.1, 0.15) is 0 Å². The van der Waals surface area contributed by atoms with Gasteiger partial charge in [-0.2, -0.15) is 0 Å². The van der Waals surface area contributed by atoms with Gasteiger partial charge in [-0.3, -0.25) is 16.3 Å². The highest BCUT2D eigenvalue weighted by atomic mass is 15.2. The van der Waals surface area contributed by atoms with E-state index in [-0.39, 0.29) is 0 Å². The van der Waals surface area contributed by atoms with Crippen LogP contribution in [0.5, 0.6) is 0 Å². The van der Waals surface area contributed by atoms with Gasteiger partial charge < -0.3 is 0 Å². The van der Waals surface area contributed by atoms with E-state index in [0.717, 1.165) is 11.4 Å². The van der Waals surface area contributed by atoms with Crippen LogP contribution in [0.2, 0.25) is 0 Å². The molecule has 1 aliphatic carbocycles. The molecule has 15 heavy (non-hydrogen) atoms. The van der Waals surface area contributed by atoms with E-state index in [1.807, 2.05) is 13.8 Å². The Morgan fingerprint density at radius 1 is 1.33 bits per heavy atom. The summed E-state index contributed by atoms with van der Waals surface area (Å²) in [5, 5.41) is 0. The highest BCUT2D eigenvalue weighted by Gasteiger charge is 2.27. The lowest BCUT2D eigenvalue weighted by Gasteiger charge is -2.33. The van der Waals surface area contributed by atoms with Crippen LogP contribution in [0, 0.1) is 19.8 Å². The first-order chi connectivity index (χ1) is 7.20. The highest BCUT2D eigenvalue weighted by Crippen LogP contribution is 2.37. The van der Waals surface area contributed by atoms with Crippen molar-refractivity contribution in [2.45, 2.75) is 39.2 Å². The van der Waals surface area contributed by atoms with Gasteiger partial charge >= 0.3 is 0 Å². The number of nitrogens with one attached hydrogen (secondary N) is 1. The maximum absolute atomic E-state index is 5.64. The monoisotopic (exact) mass is 205 g/mol. The van der Waals surface area contributed by atoms with Crippen LogP contribution in [-0.2, 0) is 0 Å². The standard InChI is InChI=1S/C12H19N3/c1-8-6-11(7-9(2)14-8)12(15-13)10-4-3-5-10/h6-7,10,12,15H,3-5,13H2,1-2H3. The molecule has 2 rings (SSSR count). The van der Waals surface area contributed by atoms with Gasteiger partial charge in [0.15, 0.2) is 0 Å². The summed E-state index contributed by atoms with van der Waals surface area (Å²) < 4.78 is 0. The number of hydrazine groups is 1. The number of nitrogens with two attached hydrogens (primary N) is 1. The summed E-state index contributed by atoms with van der Waals surface area (Å²) in [7, 11) is 0. The summed E-state index contributed by atoms with van der Waals surface area (Å²) in [6.45, 7) is 4.07. The van der Waals surface area contributed by atoms with Crippen molar-refractivity contribution in [3.63, 3.8) is 0 Å². The fourth-order valence-corrected chi connectivity index (χ4v) is 2.32. The number of nitrogens with zero attached hydrogens (tertiary/aromatic N) is 1. The zero-order chi connectivity index (χ0) is 10.8. The Morgan fingerprint density at radius 2 is 1.93 bits per heavy atom. The number of hydrogen-bond donors (Lipinski definition) is 2. The highest BCUT2D eigenvalue weighted by molar-refractivity contribution is 5.24. The summed E-state index contributed by atoms with van der Waals surface area (Å²) in [4.78, 5) is 4.39. The van der Waals surface area contributed by atoms with Crippen LogP contribution in [-0.4, -0.2) is 4.98 Å². The van der Waals surface area contributed by atoms with Gasteiger partial charge in [0.25, 0.3) is 0 Å². The zero-order valence-electron chi connectivity index (χ0n) is 9.46. The molecule has 1 aliphatic rings. The van der Waals surface area contributed by atoms with E-state index in [1.165, 1.54) is 24.8 Å². The smallest absolute Gasteiger partial charge is 0.0489 e. The Morgan fingerprint density at radius 3 is 2.33 bits per heavy atom. The Bertz CT molecular complexity index is 324. The molecule has 1 unspecified atom stereocenters. The maximum atomic E-state index is 5.64. The Hall–Kier alpha value is -0.930. The van der Waals surface area contributed by atoms with Crippen LogP contribution in [0.25, 0.3) is 0 Å². The molecule has 0 radical (unpaired) electrons. The first-order valence-electron chi connectivity index (χ1n) is 5.62. The summed E-state index contributed by atoms with van der Waals surface area (Å²) in [6.07, 6.45) is 3.91. The van der Waals surface area contributed by atoms with Gasteiger partial charge in [0.05, 0.1) is 0 Å². The van der Waals surface area contributed by atoms with Crippen LogP contribution in [0.4, 0.5) is 0 Å². The second-order valence-electron chi connectivity index (χ2n) is 4.52. The number of pyridine rings is 1. The number of aromatic nitrogens is 1. The molecule has 0 aromatic carbocycles. The predicted octanol–water partition coefficient (Wildman–Crippen LogP) is 2.00. The molecule has 1 aromatic heterocycles. The van der Waals surface area contributed by atoms with Crippen molar-refractivity contribution in [1.29, 1.82) is 0 Å². The summed E-state index contributed by atoms with van der Waals surface area (Å²) in [6, 6.07) is 4.57. The molecule has 1 aromatic rings. The molecule has 0 amide bonds. The first kappa shape index (κ1) is 10.6. The lowest BCUT2D eigenvalue weighted by atomic mass is 9.77. The molecule has 0 aliphatic heterocycles. The lowest BCUT2D eigenvalue weighted by Crippen LogP contribution is -2.36. The van der Waals surface area contributed by atoms with Crippen LogP contribution in [0.15, 0.2) is 12.1 Å². The van der Waals surface area contributed by atoms with Gasteiger partial charge in [0.2, 0.25) is 0 Å². The van der Waals surface area contributed by atoms with E-state index in [9.17, 15) is 0 Å². The van der Waals surface area contributed by atoms with E-state index in [0.29, 0.717) is 12.0 Å². The van der Waals surface area contributed by atoms with Crippen LogP contribution in [0.3, 0.4) is 0 Å². The Kier molecular flexibility index (Phi) is 3.03. The molecule has 1 fully saturated rings. The van der Waals surface area contributed by atoms with Gasteiger partial charge in [-0.15, -0.1) is 0 Å². The largest absolute Gasteiger partial charge is 0.271 e. The lowest BCUT2D eigenvalue weighted by molar-refractivity contribution is 0.232. The zero-order valence-corrected chi connectivity index (χ0v) is 9.46. The van der Waals surface area contributed by atoms with Crippen molar-refractivity contribution in [1.82, 2.24) is 10.4 Å². The van der Waals surface area contributed by atoms with E-state index in [1.54, 1.807) is 0 Å². The van der Waals surface area contributed by atoms with Crippen molar-refractivity contribution in [2.75, 3.05) is 0 Å². The average Bonchev–Trinajstić information content (AvgIpc) is 2.08. The second-order valence-corrected chi connectivity index (χ2v) is 4.52. The fourth-order valence-electron chi connectivity index (χ4n) is 2.32. The molecule has 0 saturated heterocycles. The summed E-state index contributed by atoms with van der Waals surface area (Å²) >= 11 is 0. The third-order valence-electron chi connectivity index (χ3n) is 3.26. The molecule has 1 atom stereocenters. The molecule has 1 heterocycles. The van der Waals surface area contributed by atoms with Gasteiger partial charge in [-0.25, -0.2) is 0 Å². The first-order valence-corrected chi connectivity index (χ1v) is 5.62. The maximum Gasteiger partial charge on any atom is 0.0489 e. The SMILES string of the molecule is Cc1cc(C(NN)C2CCC2)cc(C)n1. The molecule has 0 bridgehead atoms. The van der Waals surface area contributed by atoms with Crippen molar-refractivity contribution in [2.24, 2.45) is 11.8 Å². The molecule has 3 heteroatoms. The molecule has 1 saturated carbocycles. The van der Waals surface area contributed by atoms with Crippen molar-refractivity contribution in [3.8, 4) is 0 Å². The van der Waals surface area contributed by atoms with Crippen LogP contribution >= 0.6 is 0 Å². The minimum absolute atomic E-state index is 0.305. The number of aryl methyl sites for hydroxylation is 2. The van der Waals surface area contributed by atoms with Crippen molar-refractivity contribution in [3.05, 3.63) is 29.1 Å². The summed E-state index contributed by atoms with van der Waals surface area (Å²) in [5.41, 5.74) is 6.38. The third kappa shape index (κ3) is 2.19. The molecule has 0 spiro atoms. The van der Waals surface area contributed by atoms with E-state index in [4.69, 9.17) is 5.84 Å². The number of rotatable bonds is 3. The third-order valence-corrected chi connectivity index (χ3v) is 3.26. The topological polar surface area (TPSA) is 50.9 Å². The quantitative estimate of drug-likeness (QED) is 0.586. The van der Waals surface area contributed by atoms with Gasteiger partial charge in [-0.05, 0) is 50.3 Å². The van der Waals surface area contributed by atoms with E-state index >= 15 is 0 Å². The van der Waals surface area contributed by atoms with Crippen molar-refractivity contribution < 1.29 is 0 Å². The molecule has 3 nitrogen and oxygen atoms in total. The van der Waals surface area contributed by atoms with Crippen molar-refractivity contribution >= 4 is 0 Å². The van der Waals surface area contributed by atoms with Crippen LogP contribution in [0.1, 0.15) is 42.3 Å². The molecular weight excluding hydrogens is 186 g/mol. The van der Waals surface area contributed by atoms with Crippen LogP contribution < -0.4 is 11.3 Å². The molecule has 3 N–H and O–H groups in total. The Labute approximate surface area is 91.1 Å². The average molecular weight is 205 g/mol. The Balaban J connectivity index is 2.24. The fraction of sp³-hybridized carbons (Fsp3) is 0.583. The predicted molar refractivity (Wildman–Crippen MR) is 61.1 cm³/mol. The second kappa shape index (κ2) is 4.29. The van der Waals surface area contributed by atoms with E-state index in [2.05, 4.69) is 22.5 Å².